The minimum Gasteiger partial charge on any atom is -0.458 e. The highest BCUT2D eigenvalue weighted by Crippen LogP contribution is 2.82. The zero-order valence-corrected chi connectivity index (χ0v) is 14.5. The van der Waals surface area contributed by atoms with Crippen molar-refractivity contribution < 1.29 is 19.4 Å². The molecule has 4 aliphatic rings. The predicted molar refractivity (Wildman–Crippen MR) is 81.0 cm³/mol. The van der Waals surface area contributed by atoms with Crippen LogP contribution in [0.2, 0.25) is 0 Å². The standard InChI is InChI=1S/C18H28O4/c1-9(2)11-12(19)13-17(6)16(5,22-15(11,3)4)7-10-8-18(10,17)14(20)21-13/h9-13,19H,7-8H2,1-6H3/t10-,11?,12?,13?,16?,17?,18+/m0/s1. The number of hydrogen-bond donors (Lipinski definition) is 1. The van der Waals surface area contributed by atoms with E-state index in [4.69, 9.17) is 9.47 Å². The van der Waals surface area contributed by atoms with Gasteiger partial charge in [-0.25, -0.2) is 0 Å². The Morgan fingerprint density at radius 1 is 1.18 bits per heavy atom. The summed E-state index contributed by atoms with van der Waals surface area (Å²) in [6.45, 7) is 12.6. The average Bonchev–Trinajstić information content (AvgIpc) is 2.96. The molecule has 2 aliphatic heterocycles. The summed E-state index contributed by atoms with van der Waals surface area (Å²) in [5.41, 5.74) is -1.70. The van der Waals surface area contributed by atoms with Crippen LogP contribution in [0.25, 0.3) is 0 Å². The van der Waals surface area contributed by atoms with Crippen LogP contribution in [-0.2, 0) is 14.3 Å². The number of aliphatic hydroxyl groups is 1. The first kappa shape index (κ1) is 14.9. The Morgan fingerprint density at radius 3 is 2.41 bits per heavy atom. The van der Waals surface area contributed by atoms with Gasteiger partial charge in [-0.3, -0.25) is 4.79 Å². The Morgan fingerprint density at radius 2 is 1.82 bits per heavy atom. The molecule has 4 fully saturated rings. The molecule has 0 bridgehead atoms. The van der Waals surface area contributed by atoms with Gasteiger partial charge in [0.15, 0.2) is 0 Å². The van der Waals surface area contributed by atoms with E-state index in [0.29, 0.717) is 5.92 Å². The molecule has 0 aromatic heterocycles. The summed E-state index contributed by atoms with van der Waals surface area (Å²) < 4.78 is 12.5. The number of esters is 1. The summed E-state index contributed by atoms with van der Waals surface area (Å²) in [6, 6.07) is 0. The molecule has 1 N–H and O–H groups in total. The van der Waals surface area contributed by atoms with Crippen LogP contribution in [0.1, 0.15) is 54.4 Å². The minimum atomic E-state index is -0.676. The van der Waals surface area contributed by atoms with Gasteiger partial charge in [0, 0.05) is 5.92 Å². The molecule has 2 heterocycles. The molecule has 4 heteroatoms. The third kappa shape index (κ3) is 1.29. The molecule has 0 amide bonds. The highest BCUT2D eigenvalue weighted by atomic mass is 16.6. The van der Waals surface area contributed by atoms with Crippen molar-refractivity contribution in [3.63, 3.8) is 0 Å². The van der Waals surface area contributed by atoms with E-state index in [1.54, 1.807) is 0 Å². The first-order valence-electron chi connectivity index (χ1n) is 8.60. The molecule has 0 radical (unpaired) electrons. The Hall–Kier alpha value is -0.610. The van der Waals surface area contributed by atoms with Crippen LogP contribution in [0.5, 0.6) is 0 Å². The van der Waals surface area contributed by atoms with E-state index < -0.39 is 34.2 Å². The molecule has 2 aliphatic carbocycles. The summed E-state index contributed by atoms with van der Waals surface area (Å²) in [4.78, 5) is 12.6. The quantitative estimate of drug-likeness (QED) is 0.756. The van der Waals surface area contributed by atoms with E-state index in [9.17, 15) is 9.90 Å². The highest BCUT2D eigenvalue weighted by Gasteiger charge is 2.88. The fraction of sp³-hybridized carbons (Fsp3) is 0.944. The highest BCUT2D eigenvalue weighted by molar-refractivity contribution is 5.86. The van der Waals surface area contributed by atoms with Crippen molar-refractivity contribution in [3.05, 3.63) is 0 Å². The van der Waals surface area contributed by atoms with Crippen molar-refractivity contribution in [2.24, 2.45) is 28.6 Å². The summed E-state index contributed by atoms with van der Waals surface area (Å²) in [6.07, 6.45) is 0.670. The lowest BCUT2D eigenvalue weighted by Crippen LogP contribution is -2.54. The molecule has 0 aromatic carbocycles. The zero-order chi connectivity index (χ0) is 16.3. The van der Waals surface area contributed by atoms with E-state index in [1.807, 2.05) is 0 Å². The second-order valence-electron chi connectivity index (χ2n) is 9.30. The number of carbonyl (C=O) groups is 1. The molecule has 2 saturated carbocycles. The van der Waals surface area contributed by atoms with Crippen LogP contribution in [0.4, 0.5) is 0 Å². The molecule has 5 unspecified atom stereocenters. The number of rotatable bonds is 1. The van der Waals surface area contributed by atoms with Gasteiger partial charge in [0.05, 0.1) is 28.1 Å². The van der Waals surface area contributed by atoms with Gasteiger partial charge in [-0.05, 0) is 45.4 Å². The smallest absolute Gasteiger partial charge is 0.313 e. The van der Waals surface area contributed by atoms with Crippen LogP contribution in [0.15, 0.2) is 0 Å². The lowest BCUT2D eigenvalue weighted by Gasteiger charge is -2.46. The number of hydrogen-bond acceptors (Lipinski definition) is 4. The molecular weight excluding hydrogens is 280 g/mol. The van der Waals surface area contributed by atoms with Gasteiger partial charge in [0.2, 0.25) is 0 Å². The normalized spacial score (nSPS) is 58.1. The van der Waals surface area contributed by atoms with Crippen LogP contribution in [-0.4, -0.2) is 34.5 Å². The van der Waals surface area contributed by atoms with Crippen LogP contribution in [0, 0.1) is 28.6 Å². The van der Waals surface area contributed by atoms with Gasteiger partial charge in [-0.1, -0.05) is 20.8 Å². The number of ether oxygens (including phenoxy) is 2. The number of carbonyl (C=O) groups excluding carboxylic acids is 1. The summed E-state index contributed by atoms with van der Waals surface area (Å²) in [5, 5.41) is 11.2. The fourth-order valence-electron chi connectivity index (χ4n) is 6.73. The maximum Gasteiger partial charge on any atom is 0.313 e. The molecule has 2 saturated heterocycles. The van der Waals surface area contributed by atoms with E-state index in [0.717, 1.165) is 12.8 Å². The molecular formula is C18H28O4. The maximum absolute atomic E-state index is 12.6. The summed E-state index contributed by atoms with van der Waals surface area (Å²) >= 11 is 0. The Labute approximate surface area is 132 Å². The van der Waals surface area contributed by atoms with Crippen molar-refractivity contribution in [2.45, 2.75) is 77.8 Å². The van der Waals surface area contributed by atoms with Crippen LogP contribution >= 0.6 is 0 Å². The van der Waals surface area contributed by atoms with Gasteiger partial charge in [-0.2, -0.15) is 0 Å². The monoisotopic (exact) mass is 308 g/mol. The second kappa shape index (κ2) is 3.72. The third-order valence-corrected chi connectivity index (χ3v) is 7.62. The third-order valence-electron chi connectivity index (χ3n) is 7.62. The molecule has 22 heavy (non-hydrogen) atoms. The zero-order valence-electron chi connectivity index (χ0n) is 14.5. The van der Waals surface area contributed by atoms with Crippen LogP contribution < -0.4 is 0 Å². The van der Waals surface area contributed by atoms with E-state index in [1.165, 1.54) is 0 Å². The van der Waals surface area contributed by atoms with Crippen molar-refractivity contribution >= 4 is 5.97 Å². The molecule has 4 nitrogen and oxygen atoms in total. The summed E-state index contributed by atoms with van der Waals surface area (Å²) in [7, 11) is 0. The molecule has 1 spiro atoms. The SMILES string of the molecule is CC(C)C1C(O)C2OC(=O)[C@@]34C[C@@H]3CC(C)(OC1(C)C)C24C. The molecule has 0 aromatic rings. The van der Waals surface area contributed by atoms with Crippen molar-refractivity contribution in [2.75, 3.05) is 0 Å². The number of aliphatic hydroxyl groups excluding tert-OH is 1. The van der Waals surface area contributed by atoms with Gasteiger partial charge < -0.3 is 14.6 Å². The van der Waals surface area contributed by atoms with Gasteiger partial charge >= 0.3 is 5.97 Å². The largest absolute Gasteiger partial charge is 0.458 e. The first-order chi connectivity index (χ1) is 10.0. The molecule has 124 valence electrons. The fourth-order valence-corrected chi connectivity index (χ4v) is 6.73. The first-order valence-corrected chi connectivity index (χ1v) is 8.60. The summed E-state index contributed by atoms with van der Waals surface area (Å²) in [5.74, 6) is 0.454. The molecule has 7 atom stereocenters. The second-order valence-corrected chi connectivity index (χ2v) is 9.30. The Bertz CT molecular complexity index is 555. The van der Waals surface area contributed by atoms with E-state index in [2.05, 4.69) is 41.5 Å². The van der Waals surface area contributed by atoms with Gasteiger partial charge in [-0.15, -0.1) is 0 Å². The van der Waals surface area contributed by atoms with Crippen molar-refractivity contribution in [1.82, 2.24) is 0 Å². The van der Waals surface area contributed by atoms with Gasteiger partial charge in [0.1, 0.15) is 6.10 Å². The maximum atomic E-state index is 12.6. The molecule has 4 rings (SSSR count). The van der Waals surface area contributed by atoms with E-state index in [-0.39, 0.29) is 17.8 Å². The van der Waals surface area contributed by atoms with E-state index >= 15 is 0 Å². The van der Waals surface area contributed by atoms with Gasteiger partial charge in [0.25, 0.3) is 0 Å². The Balaban J connectivity index is 1.90. The van der Waals surface area contributed by atoms with Crippen molar-refractivity contribution in [1.29, 1.82) is 0 Å². The average molecular weight is 308 g/mol. The lowest BCUT2D eigenvalue weighted by atomic mass is 9.63. The van der Waals surface area contributed by atoms with Crippen LogP contribution in [0.3, 0.4) is 0 Å². The van der Waals surface area contributed by atoms with Crippen molar-refractivity contribution in [3.8, 4) is 0 Å². The topological polar surface area (TPSA) is 55.8 Å². The lowest BCUT2D eigenvalue weighted by molar-refractivity contribution is -0.198. The predicted octanol–water partition coefficient (Wildman–Crippen LogP) is 2.53. The Kier molecular flexibility index (Phi) is 2.53. The minimum absolute atomic E-state index is 0.0584.